The topological polar surface area (TPSA) is 242 Å². The van der Waals surface area contributed by atoms with Gasteiger partial charge in [0.05, 0.1) is 0 Å². The van der Waals surface area contributed by atoms with Crippen molar-refractivity contribution in [2.45, 2.75) is 133 Å². The summed E-state index contributed by atoms with van der Waals surface area (Å²) < 4.78 is 10.1. The van der Waals surface area contributed by atoms with E-state index in [9.17, 15) is 49.2 Å². The maximum absolute atomic E-state index is 12.9. The van der Waals surface area contributed by atoms with Gasteiger partial charge in [-0.15, -0.1) is 0 Å². The van der Waals surface area contributed by atoms with Gasteiger partial charge in [-0.05, 0) is 88.5 Å². The molecule has 6 atom stereocenters. The van der Waals surface area contributed by atoms with Crippen LogP contribution in [0.25, 0.3) is 0 Å². The van der Waals surface area contributed by atoms with Crippen molar-refractivity contribution in [2.24, 2.45) is 10.8 Å². The Morgan fingerprint density at radius 2 is 0.906 bits per heavy atom. The van der Waals surface area contributed by atoms with Crippen molar-refractivity contribution in [3.8, 4) is 0 Å². The molecule has 0 aromatic rings. The first-order valence-corrected chi connectivity index (χ1v) is 20.7. The lowest BCUT2D eigenvalue weighted by Gasteiger charge is -2.36. The highest BCUT2D eigenvalue weighted by Crippen LogP contribution is 2.42. The van der Waals surface area contributed by atoms with Gasteiger partial charge in [-0.25, -0.2) is 19.2 Å². The number of carboxylic acids is 2. The number of aliphatic carboxylic acids is 2. The van der Waals surface area contributed by atoms with Crippen LogP contribution in [0, 0.1) is 10.8 Å². The normalized spacial score (nSPS) is 21.6. The van der Waals surface area contributed by atoms with Gasteiger partial charge >= 0.3 is 23.9 Å². The Hall–Kier alpha value is -5.80. The van der Waals surface area contributed by atoms with Crippen LogP contribution in [0.15, 0.2) is 130 Å². The second kappa shape index (κ2) is 25.5. The molecule has 6 N–H and O–H groups in total. The molecule has 0 radical (unpaired) electrons. The lowest BCUT2D eigenvalue weighted by molar-refractivity contribution is -0.175. The fourth-order valence-corrected chi connectivity index (χ4v) is 6.59. The van der Waals surface area contributed by atoms with E-state index in [0.29, 0.717) is 11.1 Å². The largest absolute Gasteiger partial charge is 0.479 e. The van der Waals surface area contributed by atoms with E-state index in [1.54, 1.807) is 13.8 Å². The van der Waals surface area contributed by atoms with Crippen LogP contribution in [-0.2, 0) is 38.2 Å². The van der Waals surface area contributed by atoms with Gasteiger partial charge in [0.1, 0.15) is 0 Å². The number of ether oxygens (including phenoxy) is 2. The molecule has 0 heterocycles. The number of aliphatic hydroxyl groups is 4. The first-order valence-electron chi connectivity index (χ1n) is 20.7. The van der Waals surface area contributed by atoms with Crippen LogP contribution in [-0.4, -0.2) is 103 Å². The molecule has 0 aromatic carbocycles. The van der Waals surface area contributed by atoms with Crippen molar-refractivity contribution in [2.75, 3.05) is 0 Å². The molecule has 0 saturated carbocycles. The molecule has 14 heteroatoms. The van der Waals surface area contributed by atoms with Crippen molar-refractivity contribution < 1.29 is 68.9 Å². The smallest absolute Gasteiger partial charge is 0.339 e. The summed E-state index contributed by atoms with van der Waals surface area (Å²) in [5.74, 6) is -7.07. The lowest BCUT2D eigenvalue weighted by Crippen LogP contribution is -2.45. The number of rotatable bonds is 17. The molecule has 2 aliphatic rings. The van der Waals surface area contributed by atoms with Crippen LogP contribution in [0.5, 0.6) is 0 Å². The predicted molar refractivity (Wildman–Crippen MR) is 243 cm³/mol. The molecule has 0 bridgehead atoms. The fraction of sp³-hybridized carbons (Fsp3) is 0.440. The molecular formula is C50H66O14. The summed E-state index contributed by atoms with van der Waals surface area (Å²) in [7, 11) is 0. The minimum Gasteiger partial charge on any atom is -0.479 e. The SMILES string of the molecule is C/C=C/C=C(C)/C=C/C1=C(C)C(=O)C(OC(=O)C(O)C(O)C(=O)O)CC1(C)C.CC(C)=C/C=C/C=C(C)/C=C/C=C(C)/C=C/C1=C(C)C(=O)C(OC(=O)C(O)C(O)C(=O)O)CC1(C)C. The molecule has 64 heavy (non-hydrogen) atoms. The average Bonchev–Trinajstić information content (AvgIpc) is 3.20. The highest BCUT2D eigenvalue weighted by Gasteiger charge is 2.43. The number of carboxylic acid groups (broad SMARTS) is 2. The number of aliphatic hydroxyl groups excluding tert-OH is 4. The van der Waals surface area contributed by atoms with Crippen molar-refractivity contribution in [3.63, 3.8) is 0 Å². The zero-order valence-corrected chi connectivity index (χ0v) is 38.9. The second-order valence-corrected chi connectivity index (χ2v) is 17.2. The molecule has 0 amide bonds. The van der Waals surface area contributed by atoms with Crippen LogP contribution >= 0.6 is 0 Å². The predicted octanol–water partition coefficient (Wildman–Crippen LogP) is 6.65. The minimum atomic E-state index is -2.33. The molecule has 0 aromatic heterocycles. The summed E-state index contributed by atoms with van der Waals surface area (Å²) in [5.41, 5.74) is 5.71. The van der Waals surface area contributed by atoms with Crippen molar-refractivity contribution in [1.82, 2.24) is 0 Å². The summed E-state index contributed by atoms with van der Waals surface area (Å²) in [6.07, 6.45) is 16.0. The van der Waals surface area contributed by atoms with E-state index in [1.807, 2.05) is 154 Å². The Balaban J connectivity index is 0.000000660. The summed E-state index contributed by atoms with van der Waals surface area (Å²) >= 11 is 0. The second-order valence-electron chi connectivity index (χ2n) is 17.2. The zero-order valence-electron chi connectivity index (χ0n) is 38.9. The molecule has 350 valence electrons. The van der Waals surface area contributed by atoms with Crippen molar-refractivity contribution >= 4 is 35.4 Å². The van der Waals surface area contributed by atoms with Crippen LogP contribution in [0.4, 0.5) is 0 Å². The summed E-state index contributed by atoms with van der Waals surface area (Å²) in [5, 5.41) is 55.3. The number of hydrogen-bond acceptors (Lipinski definition) is 12. The molecule has 0 aliphatic heterocycles. The van der Waals surface area contributed by atoms with Gasteiger partial charge in [-0.2, -0.15) is 0 Å². The third kappa shape index (κ3) is 17.4. The van der Waals surface area contributed by atoms with Gasteiger partial charge in [0.15, 0.2) is 48.2 Å². The van der Waals surface area contributed by atoms with Crippen LogP contribution in [0.2, 0.25) is 0 Å². The first-order chi connectivity index (χ1) is 29.6. The van der Waals surface area contributed by atoms with Gasteiger partial charge in [0, 0.05) is 12.8 Å². The van der Waals surface area contributed by atoms with E-state index in [0.717, 1.165) is 27.9 Å². The monoisotopic (exact) mass is 890 g/mol. The van der Waals surface area contributed by atoms with Gasteiger partial charge in [-0.3, -0.25) is 9.59 Å². The number of esters is 2. The number of carbonyl (C=O) groups excluding carboxylic acids is 4. The van der Waals surface area contributed by atoms with Crippen molar-refractivity contribution in [3.05, 3.63) is 130 Å². The molecule has 2 rings (SSSR count). The van der Waals surface area contributed by atoms with E-state index in [1.165, 1.54) is 5.57 Å². The molecule has 0 spiro atoms. The van der Waals surface area contributed by atoms with Crippen LogP contribution < -0.4 is 0 Å². The maximum Gasteiger partial charge on any atom is 0.339 e. The first kappa shape index (κ1) is 56.2. The molecule has 14 nitrogen and oxygen atoms in total. The number of Topliss-reactive ketones (excluding diaryl/α,β-unsaturated/α-hetero) is 2. The van der Waals surface area contributed by atoms with Gasteiger partial charge in [0.25, 0.3) is 0 Å². The highest BCUT2D eigenvalue weighted by atomic mass is 16.6. The van der Waals surface area contributed by atoms with Crippen molar-refractivity contribution in [1.29, 1.82) is 0 Å². The third-order valence-corrected chi connectivity index (χ3v) is 10.3. The maximum atomic E-state index is 12.9. The van der Waals surface area contributed by atoms with Crippen LogP contribution in [0.3, 0.4) is 0 Å². The van der Waals surface area contributed by atoms with Gasteiger partial charge < -0.3 is 40.1 Å². The fourth-order valence-electron chi connectivity index (χ4n) is 6.59. The number of allylic oxidation sites excluding steroid dienone is 20. The standard InChI is InChI=1S/C29H38O7.C21H28O7/c1-18(2)11-8-9-12-19(3)13-10-14-20(4)15-16-22-21(5)24(30)23(17-29(22,6)7)36-28(35)26(32)25(31)27(33)34;1-6-7-8-12(2)9-10-14-13(3)16(22)15(11-21(14,4)5)28-20(27)18(24)17(23)19(25)26/h8-16,23,25-26,31-32H,17H2,1-7H3,(H,33,34);6-10,15,17-18,23-24H,11H2,1-5H3,(H,25,26)/b9-8+,13-10+,16-15+,19-12+,20-14+;7-6+,10-9+,12-8+. The Kier molecular flexibility index (Phi) is 22.4. The number of hydrogen-bond donors (Lipinski definition) is 6. The van der Waals surface area contributed by atoms with E-state index in [-0.39, 0.29) is 12.8 Å². The lowest BCUT2D eigenvalue weighted by atomic mass is 9.71. The molecule has 0 fully saturated rings. The van der Waals surface area contributed by atoms with E-state index in [4.69, 9.17) is 19.7 Å². The molecule has 0 saturated heterocycles. The third-order valence-electron chi connectivity index (χ3n) is 10.3. The van der Waals surface area contributed by atoms with Crippen LogP contribution in [0.1, 0.15) is 95.9 Å². The zero-order chi connectivity index (χ0) is 49.3. The van der Waals surface area contributed by atoms with E-state index in [2.05, 4.69) is 0 Å². The number of ketones is 2. The summed E-state index contributed by atoms with van der Waals surface area (Å²) in [4.78, 5) is 71.0. The molecular weight excluding hydrogens is 825 g/mol. The molecule has 6 unspecified atom stereocenters. The Morgan fingerprint density at radius 3 is 1.27 bits per heavy atom. The number of carbonyl (C=O) groups is 6. The minimum absolute atomic E-state index is 0.150. The highest BCUT2D eigenvalue weighted by molar-refractivity contribution is 6.03. The average molecular weight is 891 g/mol. The van der Waals surface area contributed by atoms with Gasteiger partial charge in [-0.1, -0.05) is 135 Å². The van der Waals surface area contributed by atoms with E-state index >= 15 is 0 Å². The molecule has 2 aliphatic carbocycles. The Bertz CT molecular complexity index is 2100. The Labute approximate surface area is 376 Å². The Morgan fingerprint density at radius 1 is 0.562 bits per heavy atom. The quantitative estimate of drug-likeness (QED) is 0.0662. The van der Waals surface area contributed by atoms with E-state index < -0.39 is 82.9 Å². The summed E-state index contributed by atoms with van der Waals surface area (Å²) in [6, 6.07) is 0. The van der Waals surface area contributed by atoms with Gasteiger partial charge in [0.2, 0.25) is 0 Å². The summed E-state index contributed by atoms with van der Waals surface area (Å²) in [6.45, 7) is 22.8.